The highest BCUT2D eigenvalue weighted by Gasteiger charge is 2.17. The van der Waals surface area contributed by atoms with Crippen LogP contribution in [0.2, 0.25) is 0 Å². The number of hydrazine groups is 1. The molecule has 0 fully saturated rings. The van der Waals surface area contributed by atoms with E-state index in [9.17, 15) is 0 Å². The molecule has 0 saturated carbocycles. The minimum absolute atomic E-state index is 0.110. The van der Waals surface area contributed by atoms with Crippen molar-refractivity contribution in [3.8, 4) is 5.75 Å². The summed E-state index contributed by atoms with van der Waals surface area (Å²) in [5.74, 6) is 6.45. The molecule has 1 aromatic heterocycles. The summed E-state index contributed by atoms with van der Waals surface area (Å²) in [5, 5.41) is 0. The number of nitrogens with zero attached hydrogens (tertiary/aromatic N) is 1. The Labute approximate surface area is 126 Å². The van der Waals surface area contributed by atoms with Gasteiger partial charge in [-0.15, -0.1) is 0 Å². The van der Waals surface area contributed by atoms with Crippen molar-refractivity contribution in [2.45, 2.75) is 32.2 Å². The fraction of sp³-hybridized carbons (Fsp3) is 0.353. The lowest BCUT2D eigenvalue weighted by Crippen LogP contribution is -2.29. The van der Waals surface area contributed by atoms with E-state index in [0.29, 0.717) is 0 Å². The molecule has 2 rings (SSSR count). The normalized spacial score (nSPS) is 13.0. The Morgan fingerprint density at radius 3 is 2.29 bits per heavy atom. The number of rotatable bonds is 4. The second-order valence-corrected chi connectivity index (χ2v) is 6.13. The van der Waals surface area contributed by atoms with E-state index in [2.05, 4.69) is 55.4 Å². The smallest absolute Gasteiger partial charge is 0.137 e. The molecule has 21 heavy (non-hydrogen) atoms. The molecule has 1 atom stereocenters. The summed E-state index contributed by atoms with van der Waals surface area (Å²) in [4.78, 5) is 4.19. The number of nitrogens with two attached hydrogens (primary N) is 1. The lowest BCUT2D eigenvalue weighted by Gasteiger charge is -2.21. The molecule has 3 N–H and O–H groups in total. The van der Waals surface area contributed by atoms with E-state index in [-0.39, 0.29) is 11.5 Å². The second-order valence-electron chi connectivity index (χ2n) is 6.13. The molecule has 0 aliphatic carbocycles. The van der Waals surface area contributed by atoms with Crippen LogP contribution in [-0.2, 0) is 5.41 Å². The van der Waals surface area contributed by atoms with E-state index >= 15 is 0 Å². The average Bonchev–Trinajstić information content (AvgIpc) is 2.48. The molecular weight excluding hydrogens is 262 g/mol. The Morgan fingerprint density at radius 2 is 1.76 bits per heavy atom. The number of benzene rings is 1. The van der Waals surface area contributed by atoms with E-state index in [1.54, 1.807) is 19.5 Å². The first-order chi connectivity index (χ1) is 9.95. The quantitative estimate of drug-likeness (QED) is 0.670. The van der Waals surface area contributed by atoms with E-state index < -0.39 is 0 Å². The number of hydrogen-bond donors (Lipinski definition) is 2. The summed E-state index contributed by atoms with van der Waals surface area (Å²) in [5.41, 5.74) is 6.36. The van der Waals surface area contributed by atoms with Gasteiger partial charge in [0, 0.05) is 6.20 Å². The third-order valence-electron chi connectivity index (χ3n) is 3.58. The van der Waals surface area contributed by atoms with Crippen LogP contribution in [0.25, 0.3) is 0 Å². The maximum Gasteiger partial charge on any atom is 0.137 e. The van der Waals surface area contributed by atoms with Crippen LogP contribution in [0, 0.1) is 0 Å². The number of ether oxygens (including phenoxy) is 1. The number of hydrogen-bond acceptors (Lipinski definition) is 4. The highest BCUT2D eigenvalue weighted by atomic mass is 16.5. The summed E-state index contributed by atoms with van der Waals surface area (Å²) < 4.78 is 5.22. The van der Waals surface area contributed by atoms with Crippen molar-refractivity contribution < 1.29 is 4.74 Å². The Morgan fingerprint density at radius 1 is 1.10 bits per heavy atom. The third-order valence-corrected chi connectivity index (χ3v) is 3.58. The zero-order chi connectivity index (χ0) is 15.5. The highest BCUT2D eigenvalue weighted by molar-refractivity contribution is 5.36. The standard InChI is InChI=1S/C17H23N3O/c1-17(2,3)14-7-5-12(6-8-14)16(20-18)13-9-15(21-4)11-19-10-13/h5-11,16,20H,18H2,1-4H3. The maximum absolute atomic E-state index is 5.73. The van der Waals surface area contributed by atoms with Gasteiger partial charge >= 0.3 is 0 Å². The molecular formula is C17H23N3O. The van der Waals surface area contributed by atoms with Crippen LogP contribution in [0.1, 0.15) is 43.5 Å². The first-order valence-corrected chi connectivity index (χ1v) is 7.01. The summed E-state index contributed by atoms with van der Waals surface area (Å²) >= 11 is 0. The molecule has 0 amide bonds. The summed E-state index contributed by atoms with van der Waals surface area (Å²) in [7, 11) is 1.63. The zero-order valence-corrected chi connectivity index (χ0v) is 13.1. The number of aromatic nitrogens is 1. The van der Waals surface area contributed by atoms with Crippen molar-refractivity contribution >= 4 is 0 Å². The molecule has 4 nitrogen and oxygen atoms in total. The van der Waals surface area contributed by atoms with Crippen LogP contribution in [0.5, 0.6) is 5.75 Å². The second kappa shape index (κ2) is 6.24. The summed E-state index contributed by atoms with van der Waals surface area (Å²) in [6.07, 6.45) is 3.48. The van der Waals surface area contributed by atoms with Gasteiger partial charge in [-0.25, -0.2) is 5.43 Å². The monoisotopic (exact) mass is 285 g/mol. The van der Waals surface area contributed by atoms with Crippen molar-refractivity contribution in [1.82, 2.24) is 10.4 Å². The van der Waals surface area contributed by atoms with E-state index in [1.165, 1.54) is 5.56 Å². The molecule has 0 aliphatic heterocycles. The van der Waals surface area contributed by atoms with Crippen LogP contribution in [-0.4, -0.2) is 12.1 Å². The van der Waals surface area contributed by atoms with Crippen LogP contribution < -0.4 is 16.0 Å². The lowest BCUT2D eigenvalue weighted by molar-refractivity contribution is 0.411. The molecule has 0 spiro atoms. The first-order valence-electron chi connectivity index (χ1n) is 7.01. The maximum atomic E-state index is 5.73. The molecule has 0 aliphatic rings. The van der Waals surface area contributed by atoms with E-state index in [0.717, 1.165) is 16.9 Å². The minimum Gasteiger partial charge on any atom is -0.495 e. The molecule has 1 aromatic carbocycles. The molecule has 0 bridgehead atoms. The van der Waals surface area contributed by atoms with Crippen molar-refractivity contribution in [2.24, 2.45) is 5.84 Å². The molecule has 112 valence electrons. The molecule has 0 radical (unpaired) electrons. The van der Waals surface area contributed by atoms with Crippen LogP contribution in [0.3, 0.4) is 0 Å². The van der Waals surface area contributed by atoms with Crippen molar-refractivity contribution in [3.05, 3.63) is 59.4 Å². The molecule has 4 heteroatoms. The van der Waals surface area contributed by atoms with E-state index in [4.69, 9.17) is 10.6 Å². The van der Waals surface area contributed by atoms with Gasteiger partial charge in [0.15, 0.2) is 0 Å². The minimum atomic E-state index is -0.110. The third kappa shape index (κ3) is 3.60. The SMILES string of the molecule is COc1cncc(C(NN)c2ccc(C(C)(C)C)cc2)c1. The highest BCUT2D eigenvalue weighted by Crippen LogP contribution is 2.27. The molecule has 0 saturated heterocycles. The van der Waals surface area contributed by atoms with Gasteiger partial charge in [-0.1, -0.05) is 45.0 Å². The summed E-state index contributed by atoms with van der Waals surface area (Å²) in [6, 6.07) is 10.3. The predicted molar refractivity (Wildman–Crippen MR) is 85.1 cm³/mol. The topological polar surface area (TPSA) is 60.2 Å². The Kier molecular flexibility index (Phi) is 4.60. The lowest BCUT2D eigenvalue weighted by atomic mass is 9.86. The Hall–Kier alpha value is -1.91. The van der Waals surface area contributed by atoms with Crippen LogP contribution in [0.4, 0.5) is 0 Å². The molecule has 1 heterocycles. The number of pyridine rings is 1. The van der Waals surface area contributed by atoms with Gasteiger partial charge in [-0.2, -0.15) is 0 Å². The van der Waals surface area contributed by atoms with Crippen molar-refractivity contribution in [3.63, 3.8) is 0 Å². The van der Waals surface area contributed by atoms with Crippen molar-refractivity contribution in [1.29, 1.82) is 0 Å². The number of methoxy groups -OCH3 is 1. The number of nitrogens with one attached hydrogen (secondary N) is 1. The fourth-order valence-corrected chi connectivity index (χ4v) is 2.27. The van der Waals surface area contributed by atoms with Gasteiger partial charge in [0.2, 0.25) is 0 Å². The van der Waals surface area contributed by atoms with Gasteiger partial charge in [0.05, 0.1) is 19.3 Å². The van der Waals surface area contributed by atoms with Gasteiger partial charge in [0.25, 0.3) is 0 Å². The average molecular weight is 285 g/mol. The van der Waals surface area contributed by atoms with Crippen molar-refractivity contribution in [2.75, 3.05) is 7.11 Å². The van der Waals surface area contributed by atoms with Gasteiger partial charge in [0.1, 0.15) is 5.75 Å². The Bertz CT molecular complexity index is 588. The first kappa shape index (κ1) is 15.5. The van der Waals surface area contributed by atoms with Crippen LogP contribution >= 0.6 is 0 Å². The van der Waals surface area contributed by atoms with Crippen LogP contribution in [0.15, 0.2) is 42.7 Å². The van der Waals surface area contributed by atoms with Gasteiger partial charge in [-0.05, 0) is 28.2 Å². The zero-order valence-electron chi connectivity index (χ0n) is 13.1. The summed E-state index contributed by atoms with van der Waals surface area (Å²) in [6.45, 7) is 6.60. The largest absolute Gasteiger partial charge is 0.495 e. The predicted octanol–water partition coefficient (Wildman–Crippen LogP) is 2.94. The van der Waals surface area contributed by atoms with E-state index in [1.807, 2.05) is 6.07 Å². The Balaban J connectivity index is 2.32. The van der Waals surface area contributed by atoms with Gasteiger partial charge < -0.3 is 4.74 Å². The molecule has 2 aromatic rings. The molecule has 1 unspecified atom stereocenters. The van der Waals surface area contributed by atoms with Gasteiger partial charge in [-0.3, -0.25) is 10.8 Å². The fourth-order valence-electron chi connectivity index (χ4n) is 2.27.